The molecule has 2 nitrogen and oxygen atoms in total. The molecule has 62 valence electrons. The van der Waals surface area contributed by atoms with E-state index >= 15 is 0 Å². The first kappa shape index (κ1) is 10.6. The third-order valence-electron chi connectivity index (χ3n) is 1.24. The Labute approximate surface area is 76.3 Å². The fourth-order valence-corrected chi connectivity index (χ4v) is 1.57. The van der Waals surface area contributed by atoms with Gasteiger partial charge in [-0.05, 0) is 28.6 Å². The minimum Gasteiger partial charge on any atom is -0.292 e. The number of allylic oxidation sites excluding steroid dienone is 1. The van der Waals surface area contributed by atoms with Crippen LogP contribution in [0, 0.1) is 5.92 Å². The van der Waals surface area contributed by atoms with Gasteiger partial charge in [0, 0.05) is 13.2 Å². The molecule has 0 N–H and O–H groups in total. The van der Waals surface area contributed by atoms with Crippen molar-refractivity contribution in [3.63, 3.8) is 0 Å². The maximum absolute atomic E-state index is 4.12. The van der Waals surface area contributed by atoms with Crippen LogP contribution in [0.25, 0.3) is 0 Å². The summed E-state index contributed by atoms with van der Waals surface area (Å²) in [7, 11) is 1.77. The number of rotatable bonds is 3. The van der Waals surface area contributed by atoms with E-state index in [9.17, 15) is 0 Å². The van der Waals surface area contributed by atoms with E-state index in [-0.39, 0.29) is 0 Å². The van der Waals surface area contributed by atoms with Crippen molar-refractivity contribution in [2.75, 3.05) is 7.05 Å². The van der Waals surface area contributed by atoms with Gasteiger partial charge in [0.05, 0.1) is 10.2 Å². The Bertz CT molecular complexity index is 192. The van der Waals surface area contributed by atoms with Crippen LogP contribution >= 0.6 is 15.9 Å². The summed E-state index contributed by atoms with van der Waals surface area (Å²) < 4.78 is 0.907. The summed E-state index contributed by atoms with van der Waals surface area (Å²) in [4.78, 5) is 7.77. The van der Waals surface area contributed by atoms with Crippen molar-refractivity contribution in [1.29, 1.82) is 0 Å². The van der Waals surface area contributed by atoms with Crippen LogP contribution in [-0.2, 0) is 0 Å². The van der Waals surface area contributed by atoms with Crippen molar-refractivity contribution in [1.82, 2.24) is 0 Å². The molecule has 0 unspecified atom stereocenters. The van der Waals surface area contributed by atoms with E-state index in [4.69, 9.17) is 0 Å². The second-order valence-electron chi connectivity index (χ2n) is 2.42. The Kier molecular flexibility index (Phi) is 5.03. The summed E-state index contributed by atoms with van der Waals surface area (Å²) in [6.07, 6.45) is 1.66. The summed E-state index contributed by atoms with van der Waals surface area (Å²) in [5.41, 5.74) is 1.01. The zero-order valence-electron chi connectivity index (χ0n) is 7.13. The molecule has 0 amide bonds. The lowest BCUT2D eigenvalue weighted by molar-refractivity contribution is 0.885. The third kappa shape index (κ3) is 3.46. The topological polar surface area (TPSA) is 24.7 Å². The Morgan fingerprint density at radius 3 is 2.36 bits per heavy atom. The molecule has 0 aromatic carbocycles. The van der Waals surface area contributed by atoms with Crippen LogP contribution in [0.4, 0.5) is 0 Å². The highest BCUT2D eigenvalue weighted by atomic mass is 79.9. The first-order valence-corrected chi connectivity index (χ1v) is 4.21. The molecular formula is C8H13BrN2. The van der Waals surface area contributed by atoms with Crippen molar-refractivity contribution in [3.8, 4) is 0 Å². The van der Waals surface area contributed by atoms with Crippen molar-refractivity contribution in [2.45, 2.75) is 13.8 Å². The Morgan fingerprint density at radius 1 is 1.55 bits per heavy atom. The Morgan fingerprint density at radius 2 is 2.09 bits per heavy atom. The van der Waals surface area contributed by atoms with E-state index < -0.39 is 0 Å². The lowest BCUT2D eigenvalue weighted by Crippen LogP contribution is -2.06. The maximum atomic E-state index is 4.12. The molecule has 0 fully saturated rings. The van der Waals surface area contributed by atoms with Gasteiger partial charge in [-0.3, -0.25) is 9.98 Å². The predicted octanol–water partition coefficient (Wildman–Crippen LogP) is 2.65. The normalized spacial score (nSPS) is 13.9. The first-order valence-electron chi connectivity index (χ1n) is 3.42. The van der Waals surface area contributed by atoms with Gasteiger partial charge in [0.2, 0.25) is 0 Å². The van der Waals surface area contributed by atoms with Gasteiger partial charge in [-0.1, -0.05) is 13.8 Å². The molecule has 0 spiro atoms. The van der Waals surface area contributed by atoms with Gasteiger partial charge in [-0.15, -0.1) is 0 Å². The lowest BCUT2D eigenvalue weighted by Gasteiger charge is -2.06. The van der Waals surface area contributed by atoms with Crippen LogP contribution in [-0.4, -0.2) is 19.5 Å². The highest BCUT2D eigenvalue weighted by Crippen LogP contribution is 2.14. The zero-order chi connectivity index (χ0) is 8.85. The fourth-order valence-electron chi connectivity index (χ4n) is 0.787. The molecule has 0 saturated heterocycles. The molecule has 0 aliphatic heterocycles. The van der Waals surface area contributed by atoms with E-state index in [2.05, 4.69) is 46.5 Å². The minimum atomic E-state index is 0.410. The predicted molar refractivity (Wildman–Crippen MR) is 54.8 cm³/mol. The van der Waals surface area contributed by atoms with Crippen molar-refractivity contribution < 1.29 is 0 Å². The largest absolute Gasteiger partial charge is 0.292 e. The summed E-state index contributed by atoms with van der Waals surface area (Å²) in [5.74, 6) is 0.410. The average molecular weight is 217 g/mol. The monoisotopic (exact) mass is 216 g/mol. The van der Waals surface area contributed by atoms with Crippen LogP contribution in [0.5, 0.6) is 0 Å². The molecule has 3 heteroatoms. The summed E-state index contributed by atoms with van der Waals surface area (Å²) in [5, 5.41) is 0. The summed E-state index contributed by atoms with van der Waals surface area (Å²) in [6.45, 7) is 7.53. The molecule has 0 atom stereocenters. The van der Waals surface area contributed by atoms with Gasteiger partial charge in [0.25, 0.3) is 0 Å². The third-order valence-corrected chi connectivity index (χ3v) is 1.85. The molecule has 0 rings (SSSR count). The van der Waals surface area contributed by atoms with Crippen molar-refractivity contribution in [2.24, 2.45) is 15.9 Å². The highest BCUT2D eigenvalue weighted by molar-refractivity contribution is 9.12. The van der Waals surface area contributed by atoms with Crippen molar-refractivity contribution >= 4 is 28.4 Å². The molecule has 0 bridgehead atoms. The van der Waals surface area contributed by atoms with E-state index in [0.717, 1.165) is 10.2 Å². The smallest absolute Gasteiger partial charge is 0.0570 e. The molecule has 0 heterocycles. The molecule has 0 saturated carbocycles. The van der Waals surface area contributed by atoms with Gasteiger partial charge < -0.3 is 0 Å². The van der Waals surface area contributed by atoms with Crippen molar-refractivity contribution in [3.05, 3.63) is 10.7 Å². The van der Waals surface area contributed by atoms with Gasteiger partial charge in [-0.2, -0.15) is 0 Å². The number of hydrogen-bond donors (Lipinski definition) is 0. The standard InChI is InChI=1S/C8H13BrN2/c1-6(2)8(11-4)7(9)5-10-3/h5-6H,3H2,1-2,4H3/b7-5+,11-8?. The van der Waals surface area contributed by atoms with Crippen LogP contribution in [0.2, 0.25) is 0 Å². The Hall–Kier alpha value is -0.440. The van der Waals surface area contributed by atoms with E-state index in [0.29, 0.717) is 5.92 Å². The highest BCUT2D eigenvalue weighted by Gasteiger charge is 2.06. The van der Waals surface area contributed by atoms with Gasteiger partial charge in [-0.25, -0.2) is 0 Å². The molecule has 11 heavy (non-hydrogen) atoms. The quantitative estimate of drug-likeness (QED) is 0.649. The van der Waals surface area contributed by atoms with Crippen LogP contribution in [0.3, 0.4) is 0 Å². The molecule has 0 aromatic heterocycles. The second kappa shape index (κ2) is 5.24. The first-order chi connectivity index (χ1) is 5.13. The average Bonchev–Trinajstić information content (AvgIpc) is 1.88. The summed E-state index contributed by atoms with van der Waals surface area (Å²) in [6, 6.07) is 0. The number of halogens is 1. The zero-order valence-corrected chi connectivity index (χ0v) is 8.72. The van der Waals surface area contributed by atoms with E-state index in [1.165, 1.54) is 0 Å². The maximum Gasteiger partial charge on any atom is 0.0570 e. The van der Waals surface area contributed by atoms with E-state index in [1.54, 1.807) is 13.2 Å². The number of hydrogen-bond acceptors (Lipinski definition) is 2. The molecule has 0 aliphatic carbocycles. The number of nitrogens with zero attached hydrogens (tertiary/aromatic N) is 2. The van der Waals surface area contributed by atoms with E-state index in [1.807, 2.05) is 0 Å². The van der Waals surface area contributed by atoms with Crippen LogP contribution in [0.15, 0.2) is 20.7 Å². The lowest BCUT2D eigenvalue weighted by atomic mass is 10.1. The summed E-state index contributed by atoms with van der Waals surface area (Å²) >= 11 is 3.36. The number of aliphatic imine (C=N–C) groups is 2. The van der Waals surface area contributed by atoms with Crippen LogP contribution < -0.4 is 0 Å². The van der Waals surface area contributed by atoms with Gasteiger partial charge >= 0.3 is 0 Å². The molecule has 0 radical (unpaired) electrons. The minimum absolute atomic E-state index is 0.410. The molecule has 0 aliphatic rings. The molecular weight excluding hydrogens is 204 g/mol. The van der Waals surface area contributed by atoms with Gasteiger partial charge in [0.1, 0.15) is 0 Å². The molecule has 0 aromatic rings. The van der Waals surface area contributed by atoms with Crippen LogP contribution in [0.1, 0.15) is 13.8 Å². The second-order valence-corrected chi connectivity index (χ2v) is 3.28. The SMILES string of the molecule is C=N/C=C(/Br)C(=NC)C(C)C. The Balaban J connectivity index is 4.53. The van der Waals surface area contributed by atoms with Gasteiger partial charge in [0.15, 0.2) is 0 Å². The fraction of sp³-hybridized carbons (Fsp3) is 0.500.